The maximum absolute atomic E-state index is 12.5. The number of aryl methyl sites for hydroxylation is 1. The topological polar surface area (TPSA) is 57.9 Å². The van der Waals surface area contributed by atoms with Crippen molar-refractivity contribution in [2.24, 2.45) is 5.92 Å². The van der Waals surface area contributed by atoms with Crippen LogP contribution < -0.4 is 10.1 Å². The number of anilines is 1. The fourth-order valence-corrected chi connectivity index (χ4v) is 4.01. The number of hydrogen-bond donors (Lipinski definition) is 1. The molecule has 1 heterocycles. The lowest BCUT2D eigenvalue weighted by atomic mass is 10.0. The van der Waals surface area contributed by atoms with Crippen LogP contribution in [0.25, 0.3) is 11.1 Å². The van der Waals surface area contributed by atoms with Crippen LogP contribution >= 0.6 is 24.4 Å². The van der Waals surface area contributed by atoms with Gasteiger partial charge in [-0.25, -0.2) is 4.98 Å². The number of nitrogens with one attached hydrogen (secondary N) is 1. The molecule has 2 aromatic carbocycles. The number of benzene rings is 2. The normalized spacial score (nSPS) is 13.1. The average molecular weight is 512 g/mol. The molecule has 1 aliphatic carbocycles. The predicted octanol–water partition coefficient (Wildman–Crippen LogP) is 7.02. The van der Waals surface area contributed by atoms with Gasteiger partial charge in [0, 0.05) is 10.8 Å². The van der Waals surface area contributed by atoms with Gasteiger partial charge in [-0.1, -0.05) is 48.7 Å². The minimum absolute atomic E-state index is 0.290. The molecule has 0 spiro atoms. The van der Waals surface area contributed by atoms with Crippen molar-refractivity contribution in [1.29, 1.82) is 5.26 Å². The van der Waals surface area contributed by atoms with Gasteiger partial charge in [-0.05, 0) is 78.8 Å². The summed E-state index contributed by atoms with van der Waals surface area (Å²) in [5, 5.41) is 12.2. The second-order valence-electron chi connectivity index (χ2n) is 8.19. The molecule has 0 atom stereocenters. The van der Waals surface area contributed by atoms with E-state index in [2.05, 4.69) is 21.1 Å². The first kappa shape index (κ1) is 24.8. The minimum Gasteiger partial charge on any atom is -0.406 e. The van der Waals surface area contributed by atoms with E-state index in [1.807, 2.05) is 18.2 Å². The van der Waals surface area contributed by atoms with Crippen LogP contribution in [0.2, 0.25) is 0 Å². The van der Waals surface area contributed by atoms with E-state index >= 15 is 0 Å². The Kier molecular flexibility index (Phi) is 7.43. The molecule has 0 bridgehead atoms. The van der Waals surface area contributed by atoms with E-state index < -0.39 is 6.36 Å². The van der Waals surface area contributed by atoms with Gasteiger partial charge in [-0.3, -0.25) is 0 Å². The molecule has 1 aromatic heterocycles. The van der Waals surface area contributed by atoms with E-state index in [9.17, 15) is 13.2 Å². The molecule has 35 heavy (non-hydrogen) atoms. The minimum atomic E-state index is -4.75. The lowest BCUT2D eigenvalue weighted by Gasteiger charge is -2.13. The van der Waals surface area contributed by atoms with E-state index in [1.165, 1.54) is 12.1 Å². The Morgan fingerprint density at radius 1 is 1.03 bits per heavy atom. The number of halogens is 3. The number of hydrogen-bond acceptors (Lipinski definition) is 5. The Hall–Kier alpha value is -3.35. The highest BCUT2D eigenvalue weighted by Crippen LogP contribution is 2.32. The SMILES string of the molecule is N#Cc1ccc(CCC(=S)c2cc(-c3ccc(OC(F)(F)F)cc3)cc(NC(=S)C3CC3)n2)cc1. The monoisotopic (exact) mass is 511 g/mol. The van der Waals surface area contributed by atoms with E-state index in [-0.39, 0.29) is 5.75 Å². The maximum Gasteiger partial charge on any atom is 0.573 e. The number of nitriles is 1. The Labute approximate surface area is 211 Å². The van der Waals surface area contributed by atoms with E-state index in [1.54, 1.807) is 30.3 Å². The lowest BCUT2D eigenvalue weighted by Crippen LogP contribution is -2.16. The molecule has 1 N–H and O–H groups in total. The lowest BCUT2D eigenvalue weighted by molar-refractivity contribution is -0.274. The zero-order chi connectivity index (χ0) is 25.0. The summed E-state index contributed by atoms with van der Waals surface area (Å²) in [4.78, 5) is 6.03. The second kappa shape index (κ2) is 10.5. The average Bonchev–Trinajstić information content (AvgIpc) is 3.68. The number of aromatic nitrogens is 1. The third-order valence-corrected chi connectivity index (χ3v) is 6.30. The summed E-state index contributed by atoms with van der Waals surface area (Å²) in [6.45, 7) is 0. The Balaban J connectivity index is 1.56. The first-order valence-corrected chi connectivity index (χ1v) is 11.7. The third-order valence-electron chi connectivity index (χ3n) is 5.46. The molecular formula is C26H20F3N3OS2. The molecule has 4 nitrogen and oxygen atoms in total. The highest BCUT2D eigenvalue weighted by molar-refractivity contribution is 7.81. The Morgan fingerprint density at radius 3 is 2.31 bits per heavy atom. The van der Waals surface area contributed by atoms with Gasteiger partial charge < -0.3 is 10.1 Å². The first-order valence-electron chi connectivity index (χ1n) is 10.9. The van der Waals surface area contributed by atoms with Crippen LogP contribution in [0.15, 0.2) is 60.7 Å². The highest BCUT2D eigenvalue weighted by atomic mass is 32.1. The largest absolute Gasteiger partial charge is 0.573 e. The Bertz CT molecular complexity index is 1280. The van der Waals surface area contributed by atoms with Gasteiger partial charge in [0.25, 0.3) is 0 Å². The van der Waals surface area contributed by atoms with Gasteiger partial charge in [-0.15, -0.1) is 13.2 Å². The van der Waals surface area contributed by atoms with Gasteiger partial charge in [0.2, 0.25) is 0 Å². The number of alkyl halides is 3. The van der Waals surface area contributed by atoms with Crippen molar-refractivity contribution in [1.82, 2.24) is 4.98 Å². The van der Waals surface area contributed by atoms with Crippen molar-refractivity contribution >= 4 is 40.1 Å². The standard InChI is InChI=1S/C26H20F3N3OS2/c27-26(28,29)33-21-10-8-18(9-11-21)20-13-22(31-24(14-20)32-25(35)19-6-7-19)23(34)12-5-16-1-3-17(15-30)4-2-16/h1-4,8-11,13-14,19H,5-7,12H2,(H,31,32,35). The summed E-state index contributed by atoms with van der Waals surface area (Å²) in [5.74, 6) is 0.605. The summed E-state index contributed by atoms with van der Waals surface area (Å²) < 4.78 is 41.5. The van der Waals surface area contributed by atoms with Crippen molar-refractivity contribution in [3.8, 4) is 22.9 Å². The van der Waals surface area contributed by atoms with Gasteiger partial charge in [0.15, 0.2) is 0 Å². The van der Waals surface area contributed by atoms with Gasteiger partial charge >= 0.3 is 6.36 Å². The van der Waals surface area contributed by atoms with Gasteiger partial charge in [0.05, 0.1) is 22.3 Å². The van der Waals surface area contributed by atoms with Gasteiger partial charge in [-0.2, -0.15) is 5.26 Å². The molecule has 1 fully saturated rings. The van der Waals surface area contributed by atoms with Crippen LogP contribution in [0, 0.1) is 17.2 Å². The Morgan fingerprint density at radius 2 is 1.71 bits per heavy atom. The summed E-state index contributed by atoms with van der Waals surface area (Å²) >= 11 is 11.1. The van der Waals surface area contributed by atoms with E-state index in [4.69, 9.17) is 29.7 Å². The molecule has 1 saturated carbocycles. The maximum atomic E-state index is 12.5. The smallest absolute Gasteiger partial charge is 0.406 e. The molecule has 1 aliphatic rings. The highest BCUT2D eigenvalue weighted by Gasteiger charge is 2.31. The van der Waals surface area contributed by atoms with Crippen LogP contribution in [0.5, 0.6) is 5.75 Å². The molecule has 0 radical (unpaired) electrons. The molecular weight excluding hydrogens is 491 g/mol. The number of rotatable bonds is 8. The van der Waals surface area contributed by atoms with E-state index in [0.29, 0.717) is 46.3 Å². The first-order chi connectivity index (χ1) is 16.7. The molecule has 0 amide bonds. The molecule has 0 unspecified atom stereocenters. The van der Waals surface area contributed by atoms with E-state index in [0.717, 1.165) is 29.0 Å². The van der Waals surface area contributed by atoms with Crippen LogP contribution in [0.1, 0.15) is 36.1 Å². The number of nitrogens with zero attached hydrogens (tertiary/aromatic N) is 2. The third kappa shape index (κ3) is 7.07. The number of ether oxygens (including phenoxy) is 1. The summed E-state index contributed by atoms with van der Waals surface area (Å²) in [7, 11) is 0. The zero-order valence-corrected chi connectivity index (χ0v) is 20.1. The quantitative estimate of drug-likeness (QED) is 0.259. The van der Waals surface area contributed by atoms with Crippen molar-refractivity contribution < 1.29 is 17.9 Å². The molecule has 178 valence electrons. The molecule has 0 saturated heterocycles. The summed E-state index contributed by atoms with van der Waals surface area (Å²) in [6.07, 6.45) is -1.40. The molecule has 9 heteroatoms. The van der Waals surface area contributed by atoms with Crippen molar-refractivity contribution in [3.05, 3.63) is 77.5 Å². The fraction of sp³-hybridized carbons (Fsp3) is 0.231. The zero-order valence-electron chi connectivity index (χ0n) is 18.4. The molecule has 4 rings (SSSR count). The van der Waals surface area contributed by atoms with Crippen LogP contribution in [-0.2, 0) is 6.42 Å². The second-order valence-corrected chi connectivity index (χ2v) is 9.13. The van der Waals surface area contributed by atoms with Crippen molar-refractivity contribution in [2.45, 2.75) is 32.0 Å². The predicted molar refractivity (Wildman–Crippen MR) is 136 cm³/mol. The summed E-state index contributed by atoms with van der Waals surface area (Å²) in [6, 6.07) is 18.7. The van der Waals surface area contributed by atoms with Crippen molar-refractivity contribution in [2.75, 3.05) is 5.32 Å². The van der Waals surface area contributed by atoms with Crippen LogP contribution in [0.3, 0.4) is 0 Å². The van der Waals surface area contributed by atoms with Crippen LogP contribution in [0.4, 0.5) is 19.0 Å². The fourth-order valence-electron chi connectivity index (χ4n) is 3.46. The van der Waals surface area contributed by atoms with Crippen LogP contribution in [-0.4, -0.2) is 21.2 Å². The number of pyridine rings is 1. The number of thiocarbonyl (C=S) groups is 2. The van der Waals surface area contributed by atoms with Crippen molar-refractivity contribution in [3.63, 3.8) is 0 Å². The summed E-state index contributed by atoms with van der Waals surface area (Å²) in [5.41, 5.74) is 3.69. The van der Waals surface area contributed by atoms with Gasteiger partial charge in [0.1, 0.15) is 11.6 Å². The molecule has 3 aromatic rings. The molecule has 0 aliphatic heterocycles.